The highest BCUT2D eigenvalue weighted by atomic mass is 79.9. The van der Waals surface area contributed by atoms with Crippen LogP contribution in [0.3, 0.4) is 0 Å². The number of alkyl halides is 3. The first kappa shape index (κ1) is 17.3. The fraction of sp³-hybridized carbons (Fsp3) is 0.118. The van der Waals surface area contributed by atoms with Crippen LogP contribution in [0.1, 0.15) is 16.7 Å². The Morgan fingerprint density at radius 2 is 1.65 bits per heavy atom. The Hall–Kier alpha value is -2.08. The van der Waals surface area contributed by atoms with Crippen LogP contribution in [-0.2, 0) is 17.5 Å². The number of hydrogen-bond acceptors (Lipinski definition) is 1. The second-order valence-corrected chi connectivity index (χ2v) is 5.71. The van der Waals surface area contributed by atoms with E-state index in [4.69, 9.17) is 0 Å². The minimum Gasteiger partial charge on any atom is -0.348 e. The first-order chi connectivity index (χ1) is 10.8. The number of carbonyl (C=O) groups excluding carboxylic acids is 1. The summed E-state index contributed by atoms with van der Waals surface area (Å²) in [6.07, 6.45) is -1.59. The molecule has 0 aliphatic rings. The maximum Gasteiger partial charge on any atom is 0.416 e. The van der Waals surface area contributed by atoms with Crippen LogP contribution >= 0.6 is 15.9 Å². The summed E-state index contributed by atoms with van der Waals surface area (Å²) in [7, 11) is 0. The monoisotopic (exact) mass is 383 g/mol. The van der Waals surface area contributed by atoms with Gasteiger partial charge in [0.2, 0.25) is 5.91 Å². The average Bonchev–Trinajstić information content (AvgIpc) is 2.52. The van der Waals surface area contributed by atoms with E-state index in [1.807, 2.05) is 24.3 Å². The van der Waals surface area contributed by atoms with Gasteiger partial charge in [0.15, 0.2) is 0 Å². The van der Waals surface area contributed by atoms with Crippen molar-refractivity contribution in [3.05, 3.63) is 75.8 Å². The average molecular weight is 384 g/mol. The van der Waals surface area contributed by atoms with Crippen molar-refractivity contribution in [3.8, 4) is 0 Å². The lowest BCUT2D eigenvalue weighted by Crippen LogP contribution is -2.20. The summed E-state index contributed by atoms with van der Waals surface area (Å²) < 4.78 is 38.3. The molecular formula is C17H13BrF3NO. The largest absolute Gasteiger partial charge is 0.416 e. The lowest BCUT2D eigenvalue weighted by molar-refractivity contribution is -0.137. The van der Waals surface area contributed by atoms with Crippen LogP contribution in [0.15, 0.2) is 59.1 Å². The Kier molecular flexibility index (Phi) is 5.60. The van der Waals surface area contributed by atoms with Crippen LogP contribution in [-0.4, -0.2) is 5.91 Å². The van der Waals surface area contributed by atoms with Gasteiger partial charge in [-0.2, -0.15) is 13.2 Å². The minimum atomic E-state index is -4.36. The van der Waals surface area contributed by atoms with Gasteiger partial charge in [0.1, 0.15) is 0 Å². The Bertz CT molecular complexity index is 691. The third-order valence-corrected chi connectivity index (χ3v) is 3.57. The zero-order valence-corrected chi connectivity index (χ0v) is 13.5. The van der Waals surface area contributed by atoms with Crippen molar-refractivity contribution in [2.75, 3.05) is 0 Å². The van der Waals surface area contributed by atoms with E-state index in [0.717, 1.165) is 22.2 Å². The number of hydrogen-bond donors (Lipinski definition) is 1. The maximum atomic E-state index is 12.4. The van der Waals surface area contributed by atoms with E-state index in [1.165, 1.54) is 24.3 Å². The van der Waals surface area contributed by atoms with Gasteiger partial charge in [-0.05, 0) is 41.5 Å². The summed E-state index contributed by atoms with van der Waals surface area (Å²) in [4.78, 5) is 11.7. The highest BCUT2D eigenvalue weighted by Crippen LogP contribution is 2.29. The molecule has 2 rings (SSSR count). The van der Waals surface area contributed by atoms with Crippen LogP contribution in [0.5, 0.6) is 0 Å². The van der Waals surface area contributed by atoms with Crippen LogP contribution in [0.4, 0.5) is 13.2 Å². The van der Waals surface area contributed by atoms with Crippen molar-refractivity contribution in [2.45, 2.75) is 12.7 Å². The molecule has 0 spiro atoms. The second-order valence-electron chi connectivity index (χ2n) is 4.80. The molecule has 2 aromatic carbocycles. The molecule has 1 amide bonds. The highest BCUT2D eigenvalue weighted by Gasteiger charge is 2.29. The van der Waals surface area contributed by atoms with Gasteiger partial charge < -0.3 is 5.32 Å². The Morgan fingerprint density at radius 3 is 2.22 bits per heavy atom. The summed E-state index contributed by atoms with van der Waals surface area (Å²) in [6.45, 7) is 0.378. The first-order valence-electron chi connectivity index (χ1n) is 6.72. The molecule has 0 aromatic heterocycles. The van der Waals surface area contributed by atoms with Crippen molar-refractivity contribution in [1.82, 2.24) is 5.32 Å². The molecule has 0 aliphatic carbocycles. The molecule has 120 valence electrons. The molecule has 2 aromatic rings. The molecule has 0 fully saturated rings. The van der Waals surface area contributed by atoms with Crippen molar-refractivity contribution in [2.24, 2.45) is 0 Å². The van der Waals surface area contributed by atoms with E-state index < -0.39 is 11.7 Å². The molecule has 0 unspecified atom stereocenters. The standard InChI is InChI=1S/C17H13BrF3NO/c18-15-8-3-13(4-9-15)11-22-16(23)10-5-12-1-6-14(7-2-12)17(19,20)21/h1-10H,11H2,(H,22,23)/b10-5+. The van der Waals surface area contributed by atoms with E-state index in [9.17, 15) is 18.0 Å². The number of rotatable bonds is 4. The summed E-state index contributed by atoms with van der Waals surface area (Å²) in [5.41, 5.74) is 0.760. The molecule has 0 bridgehead atoms. The van der Waals surface area contributed by atoms with Gasteiger partial charge in [-0.15, -0.1) is 0 Å². The van der Waals surface area contributed by atoms with Gasteiger partial charge in [0.25, 0.3) is 0 Å². The van der Waals surface area contributed by atoms with Crippen LogP contribution in [0.25, 0.3) is 6.08 Å². The molecule has 0 saturated carbocycles. The molecule has 6 heteroatoms. The summed E-state index contributed by atoms with van der Waals surface area (Å²) in [5, 5.41) is 2.70. The van der Waals surface area contributed by atoms with Crippen molar-refractivity contribution < 1.29 is 18.0 Å². The molecule has 23 heavy (non-hydrogen) atoms. The first-order valence-corrected chi connectivity index (χ1v) is 7.51. The predicted molar refractivity (Wildman–Crippen MR) is 86.5 cm³/mol. The summed E-state index contributed by atoms with van der Waals surface area (Å²) >= 11 is 3.32. The Morgan fingerprint density at radius 1 is 1.04 bits per heavy atom. The summed E-state index contributed by atoms with van der Waals surface area (Å²) in [6, 6.07) is 12.1. The Balaban J connectivity index is 1.89. The van der Waals surface area contributed by atoms with Crippen molar-refractivity contribution in [1.29, 1.82) is 0 Å². The minimum absolute atomic E-state index is 0.312. The smallest absolute Gasteiger partial charge is 0.348 e. The van der Waals surface area contributed by atoms with E-state index in [2.05, 4.69) is 21.2 Å². The third kappa shape index (κ3) is 5.56. The van der Waals surface area contributed by atoms with Gasteiger partial charge in [-0.1, -0.05) is 40.2 Å². The quantitative estimate of drug-likeness (QED) is 0.755. The molecule has 0 saturated heterocycles. The van der Waals surface area contributed by atoms with E-state index in [0.29, 0.717) is 12.1 Å². The van der Waals surface area contributed by atoms with Crippen LogP contribution in [0.2, 0.25) is 0 Å². The van der Waals surface area contributed by atoms with Gasteiger partial charge in [0.05, 0.1) is 5.56 Å². The van der Waals surface area contributed by atoms with E-state index in [-0.39, 0.29) is 5.91 Å². The number of benzene rings is 2. The van der Waals surface area contributed by atoms with E-state index in [1.54, 1.807) is 0 Å². The lowest BCUT2D eigenvalue weighted by atomic mass is 10.1. The van der Waals surface area contributed by atoms with Gasteiger partial charge in [-0.25, -0.2) is 0 Å². The second kappa shape index (κ2) is 7.46. The SMILES string of the molecule is O=C(/C=C/c1ccc(C(F)(F)F)cc1)NCc1ccc(Br)cc1. The predicted octanol–water partition coefficient (Wildman–Crippen LogP) is 4.80. The van der Waals surface area contributed by atoms with Gasteiger partial charge >= 0.3 is 6.18 Å². The van der Waals surface area contributed by atoms with Crippen molar-refractivity contribution in [3.63, 3.8) is 0 Å². The molecule has 0 heterocycles. The normalized spacial score (nSPS) is 11.7. The zero-order chi connectivity index (χ0) is 16.9. The fourth-order valence-corrected chi connectivity index (χ4v) is 2.07. The van der Waals surface area contributed by atoms with Crippen molar-refractivity contribution >= 4 is 27.9 Å². The van der Waals surface area contributed by atoms with E-state index >= 15 is 0 Å². The number of carbonyl (C=O) groups is 1. The number of nitrogens with one attached hydrogen (secondary N) is 1. The Labute approximate surface area is 140 Å². The maximum absolute atomic E-state index is 12.4. The van der Waals surface area contributed by atoms with Gasteiger partial charge in [0, 0.05) is 17.1 Å². The number of halogens is 4. The molecule has 0 radical (unpaired) electrons. The topological polar surface area (TPSA) is 29.1 Å². The molecule has 1 N–H and O–H groups in total. The lowest BCUT2D eigenvalue weighted by Gasteiger charge is -2.06. The molecule has 0 atom stereocenters. The van der Waals surface area contributed by atoms with Crippen LogP contribution < -0.4 is 5.32 Å². The summed E-state index contributed by atoms with van der Waals surface area (Å²) in [5.74, 6) is -0.312. The molecule has 2 nitrogen and oxygen atoms in total. The fourth-order valence-electron chi connectivity index (χ4n) is 1.81. The molecule has 0 aliphatic heterocycles. The number of amides is 1. The molecular weight excluding hydrogens is 371 g/mol. The van der Waals surface area contributed by atoms with Crippen LogP contribution in [0, 0.1) is 0 Å². The third-order valence-electron chi connectivity index (χ3n) is 3.05. The zero-order valence-electron chi connectivity index (χ0n) is 11.9. The van der Waals surface area contributed by atoms with Gasteiger partial charge in [-0.3, -0.25) is 4.79 Å². The highest BCUT2D eigenvalue weighted by molar-refractivity contribution is 9.10.